The van der Waals surface area contributed by atoms with Gasteiger partial charge in [0.15, 0.2) is 5.82 Å². The maximum absolute atomic E-state index is 5.45. The molecule has 1 aromatic carbocycles. The Labute approximate surface area is 129 Å². The molecule has 0 radical (unpaired) electrons. The summed E-state index contributed by atoms with van der Waals surface area (Å²) in [6.45, 7) is 5.06. The van der Waals surface area contributed by atoms with Gasteiger partial charge in [0.1, 0.15) is 17.5 Å². The molecule has 0 fully saturated rings. The van der Waals surface area contributed by atoms with Crippen LogP contribution in [0.25, 0.3) is 0 Å². The van der Waals surface area contributed by atoms with Crippen LogP contribution < -0.4 is 11.3 Å². The first-order valence-corrected chi connectivity index (χ1v) is 7.80. The maximum Gasteiger partial charge on any atom is 0.157 e. The molecule has 112 valence electrons. The molecule has 0 aliphatic carbocycles. The summed E-state index contributed by atoms with van der Waals surface area (Å²) >= 11 is 1.66. The van der Waals surface area contributed by atoms with Gasteiger partial charge in [-0.2, -0.15) is 0 Å². The van der Waals surface area contributed by atoms with Gasteiger partial charge in [-0.25, -0.2) is 15.8 Å². The highest BCUT2D eigenvalue weighted by molar-refractivity contribution is 7.98. The fraction of sp³-hybridized carbons (Fsp3) is 0.333. The van der Waals surface area contributed by atoms with E-state index in [0.29, 0.717) is 24.9 Å². The van der Waals surface area contributed by atoms with E-state index in [4.69, 9.17) is 10.6 Å². The lowest BCUT2D eigenvalue weighted by Crippen LogP contribution is -2.11. The van der Waals surface area contributed by atoms with Crippen LogP contribution in [0.5, 0.6) is 0 Å². The molecule has 0 saturated heterocycles. The van der Waals surface area contributed by atoms with Crippen LogP contribution in [-0.4, -0.2) is 16.6 Å². The number of anilines is 1. The minimum atomic E-state index is 0.393. The van der Waals surface area contributed by atoms with Crippen LogP contribution in [0.2, 0.25) is 0 Å². The van der Waals surface area contributed by atoms with Crippen molar-refractivity contribution in [2.45, 2.75) is 31.2 Å². The zero-order valence-corrected chi connectivity index (χ0v) is 13.1. The third-order valence-electron chi connectivity index (χ3n) is 2.80. The summed E-state index contributed by atoms with van der Waals surface area (Å²) in [5, 5.41) is 0.883. The summed E-state index contributed by atoms with van der Waals surface area (Å²) < 4.78 is 5.35. The Morgan fingerprint density at radius 3 is 2.86 bits per heavy atom. The number of hydrazine groups is 1. The monoisotopic (exact) mass is 304 g/mol. The van der Waals surface area contributed by atoms with Crippen molar-refractivity contribution < 1.29 is 4.74 Å². The van der Waals surface area contributed by atoms with Gasteiger partial charge in [0, 0.05) is 18.4 Å². The van der Waals surface area contributed by atoms with Crippen LogP contribution >= 0.6 is 11.8 Å². The summed E-state index contributed by atoms with van der Waals surface area (Å²) in [4.78, 5) is 8.76. The van der Waals surface area contributed by atoms with Crippen molar-refractivity contribution in [3.8, 4) is 0 Å². The van der Waals surface area contributed by atoms with E-state index in [9.17, 15) is 0 Å². The van der Waals surface area contributed by atoms with E-state index in [1.807, 2.05) is 13.0 Å². The summed E-state index contributed by atoms with van der Waals surface area (Å²) in [5.41, 5.74) is 5.10. The molecule has 0 bridgehead atoms. The number of hydrogen-bond acceptors (Lipinski definition) is 6. The third-order valence-corrected chi connectivity index (χ3v) is 3.78. The van der Waals surface area contributed by atoms with Crippen molar-refractivity contribution >= 4 is 17.6 Å². The normalized spacial score (nSPS) is 10.6. The highest BCUT2D eigenvalue weighted by Crippen LogP contribution is 2.23. The lowest BCUT2D eigenvalue weighted by atomic mass is 10.2. The lowest BCUT2D eigenvalue weighted by molar-refractivity contribution is 0.128. The minimum absolute atomic E-state index is 0.393. The van der Waals surface area contributed by atoms with Crippen molar-refractivity contribution in [2.24, 2.45) is 5.84 Å². The fourth-order valence-electron chi connectivity index (χ4n) is 1.84. The number of ether oxygens (including phenoxy) is 1. The predicted octanol–water partition coefficient (Wildman–Crippen LogP) is 2.90. The number of nitrogen functional groups attached to an aromatic ring is 1. The van der Waals surface area contributed by atoms with E-state index < -0.39 is 0 Å². The topological polar surface area (TPSA) is 73.1 Å². The first kappa shape index (κ1) is 15.8. The zero-order chi connectivity index (χ0) is 15.1. The number of benzene rings is 1. The molecule has 1 aromatic heterocycles. The van der Waals surface area contributed by atoms with Gasteiger partial charge in [-0.1, -0.05) is 29.8 Å². The summed E-state index contributed by atoms with van der Waals surface area (Å²) in [5.74, 6) is 7.55. The van der Waals surface area contributed by atoms with E-state index in [1.54, 1.807) is 11.8 Å². The van der Waals surface area contributed by atoms with Crippen LogP contribution in [0.4, 0.5) is 5.82 Å². The van der Waals surface area contributed by atoms with Gasteiger partial charge < -0.3 is 10.2 Å². The first-order chi connectivity index (χ1) is 10.2. The SMILES string of the molecule is CCOCc1nc(NN)cc(SCc2cccc(C)c2)n1. The molecule has 0 amide bonds. The van der Waals surface area contributed by atoms with Crippen molar-refractivity contribution in [2.75, 3.05) is 12.0 Å². The summed E-state index contributed by atoms with van der Waals surface area (Å²) in [7, 11) is 0. The Morgan fingerprint density at radius 2 is 2.14 bits per heavy atom. The molecule has 6 heteroatoms. The molecule has 0 atom stereocenters. The Kier molecular flexibility index (Phi) is 5.98. The van der Waals surface area contributed by atoms with Gasteiger partial charge >= 0.3 is 0 Å². The quantitative estimate of drug-likeness (QED) is 0.355. The van der Waals surface area contributed by atoms with Crippen LogP contribution in [0, 0.1) is 6.92 Å². The standard InChI is InChI=1S/C15H20N4OS/c1-3-20-9-14-17-13(19-16)8-15(18-14)21-10-12-6-4-5-11(2)7-12/h4-8H,3,9-10,16H2,1-2H3,(H,17,18,19). The number of thioether (sulfide) groups is 1. The second-order valence-electron chi connectivity index (χ2n) is 4.57. The zero-order valence-electron chi connectivity index (χ0n) is 12.3. The van der Waals surface area contributed by atoms with Crippen molar-refractivity contribution in [3.05, 3.63) is 47.3 Å². The van der Waals surface area contributed by atoms with Gasteiger partial charge in [-0.15, -0.1) is 11.8 Å². The summed E-state index contributed by atoms with van der Waals surface area (Å²) in [6, 6.07) is 10.3. The lowest BCUT2D eigenvalue weighted by Gasteiger charge is -2.08. The molecule has 2 rings (SSSR count). The van der Waals surface area contributed by atoms with E-state index in [-0.39, 0.29) is 0 Å². The van der Waals surface area contributed by atoms with Gasteiger partial charge in [0.2, 0.25) is 0 Å². The van der Waals surface area contributed by atoms with Crippen molar-refractivity contribution in [3.63, 3.8) is 0 Å². The molecule has 3 N–H and O–H groups in total. The van der Waals surface area contributed by atoms with E-state index in [0.717, 1.165) is 10.8 Å². The Hall–Kier alpha value is -1.63. The Bertz CT molecular complexity index is 592. The molecular weight excluding hydrogens is 284 g/mol. The average Bonchev–Trinajstić information content (AvgIpc) is 2.51. The second-order valence-corrected chi connectivity index (χ2v) is 5.56. The average molecular weight is 304 g/mol. The molecule has 1 heterocycles. The Morgan fingerprint density at radius 1 is 1.29 bits per heavy atom. The molecule has 0 saturated carbocycles. The first-order valence-electron chi connectivity index (χ1n) is 6.82. The Balaban J connectivity index is 2.07. The molecule has 2 aromatic rings. The molecule has 0 unspecified atom stereocenters. The van der Waals surface area contributed by atoms with E-state index >= 15 is 0 Å². The van der Waals surface area contributed by atoms with Crippen molar-refractivity contribution in [1.82, 2.24) is 9.97 Å². The molecule has 21 heavy (non-hydrogen) atoms. The van der Waals surface area contributed by atoms with Gasteiger partial charge in [0.25, 0.3) is 0 Å². The summed E-state index contributed by atoms with van der Waals surface area (Å²) in [6.07, 6.45) is 0. The van der Waals surface area contributed by atoms with Gasteiger partial charge in [-0.3, -0.25) is 0 Å². The van der Waals surface area contributed by atoms with Crippen LogP contribution in [0.1, 0.15) is 23.9 Å². The number of aryl methyl sites for hydroxylation is 1. The van der Waals surface area contributed by atoms with E-state index in [2.05, 4.69) is 46.6 Å². The van der Waals surface area contributed by atoms with Gasteiger partial charge in [0.05, 0.1) is 0 Å². The molecule has 0 aliphatic rings. The fourth-order valence-corrected chi connectivity index (χ4v) is 2.70. The van der Waals surface area contributed by atoms with Crippen LogP contribution in [0.3, 0.4) is 0 Å². The highest BCUT2D eigenvalue weighted by Gasteiger charge is 2.05. The number of rotatable bonds is 7. The molecule has 5 nitrogen and oxygen atoms in total. The smallest absolute Gasteiger partial charge is 0.157 e. The van der Waals surface area contributed by atoms with Gasteiger partial charge in [-0.05, 0) is 19.4 Å². The highest BCUT2D eigenvalue weighted by atomic mass is 32.2. The predicted molar refractivity (Wildman–Crippen MR) is 85.9 cm³/mol. The molecule has 0 spiro atoms. The third kappa shape index (κ3) is 5.00. The largest absolute Gasteiger partial charge is 0.374 e. The van der Waals surface area contributed by atoms with E-state index in [1.165, 1.54) is 11.1 Å². The van der Waals surface area contributed by atoms with Crippen LogP contribution in [-0.2, 0) is 17.1 Å². The number of nitrogens with one attached hydrogen (secondary N) is 1. The number of nitrogens with zero attached hydrogens (tertiary/aromatic N) is 2. The number of hydrogen-bond donors (Lipinski definition) is 2. The maximum atomic E-state index is 5.45. The second kappa shape index (κ2) is 7.97. The van der Waals surface area contributed by atoms with Crippen LogP contribution in [0.15, 0.2) is 35.4 Å². The molecular formula is C15H20N4OS. The van der Waals surface area contributed by atoms with Crippen molar-refractivity contribution in [1.29, 1.82) is 0 Å². The molecule has 0 aliphatic heterocycles. The number of aromatic nitrogens is 2. The number of nitrogens with two attached hydrogens (primary N) is 1. The minimum Gasteiger partial charge on any atom is -0.374 e.